The van der Waals surface area contributed by atoms with Crippen molar-refractivity contribution in [1.82, 2.24) is 0 Å². The molecule has 0 spiro atoms. The second-order valence-corrected chi connectivity index (χ2v) is 5.53. The lowest BCUT2D eigenvalue weighted by Gasteiger charge is -2.15. The van der Waals surface area contributed by atoms with Crippen LogP contribution in [0.25, 0.3) is 0 Å². The standard InChI is InChI=1S/C20H20N2/c21-19-11-12-20(22)18(14-16-9-5-2-6-10-16)17(19)13-15-7-3-1-4-8-15/h1-12H,13-14,21-22H2. The van der Waals surface area contributed by atoms with E-state index < -0.39 is 0 Å². The van der Waals surface area contributed by atoms with Crippen molar-refractivity contribution in [3.63, 3.8) is 0 Å². The molecular formula is C20H20N2. The molecule has 0 bridgehead atoms. The minimum atomic E-state index is 0.805. The van der Waals surface area contributed by atoms with Crippen molar-refractivity contribution in [2.75, 3.05) is 11.5 Å². The van der Waals surface area contributed by atoms with Gasteiger partial charge in [-0.2, -0.15) is 0 Å². The van der Waals surface area contributed by atoms with Crippen molar-refractivity contribution in [1.29, 1.82) is 0 Å². The monoisotopic (exact) mass is 288 g/mol. The summed E-state index contributed by atoms with van der Waals surface area (Å²) in [4.78, 5) is 0. The third-order valence-electron chi connectivity index (χ3n) is 3.95. The van der Waals surface area contributed by atoms with Crippen LogP contribution in [0.1, 0.15) is 22.3 Å². The molecule has 0 aliphatic carbocycles. The molecule has 0 saturated heterocycles. The Labute approximate surface area is 131 Å². The van der Waals surface area contributed by atoms with Crippen molar-refractivity contribution in [2.45, 2.75) is 12.8 Å². The lowest BCUT2D eigenvalue weighted by atomic mass is 9.92. The number of hydrogen-bond acceptors (Lipinski definition) is 2. The van der Waals surface area contributed by atoms with Gasteiger partial charge in [0.05, 0.1) is 0 Å². The molecule has 0 saturated carbocycles. The lowest BCUT2D eigenvalue weighted by molar-refractivity contribution is 1.10. The molecule has 22 heavy (non-hydrogen) atoms. The van der Waals surface area contributed by atoms with Gasteiger partial charge in [-0.15, -0.1) is 0 Å². The average molecular weight is 288 g/mol. The van der Waals surface area contributed by atoms with Gasteiger partial charge in [0, 0.05) is 11.4 Å². The van der Waals surface area contributed by atoms with E-state index in [1.54, 1.807) is 0 Å². The predicted molar refractivity (Wildman–Crippen MR) is 93.8 cm³/mol. The van der Waals surface area contributed by atoms with E-state index in [9.17, 15) is 0 Å². The number of nitrogens with two attached hydrogens (primary N) is 2. The summed E-state index contributed by atoms with van der Waals surface area (Å²) in [6, 6.07) is 24.5. The highest BCUT2D eigenvalue weighted by molar-refractivity contribution is 5.64. The molecule has 3 rings (SSSR count). The van der Waals surface area contributed by atoms with Crippen LogP contribution in [-0.2, 0) is 12.8 Å². The fourth-order valence-corrected chi connectivity index (χ4v) is 2.75. The SMILES string of the molecule is Nc1ccc(N)c(Cc2ccccc2)c1Cc1ccccc1. The quantitative estimate of drug-likeness (QED) is 0.712. The normalized spacial score (nSPS) is 10.5. The van der Waals surface area contributed by atoms with E-state index in [2.05, 4.69) is 48.5 Å². The molecule has 4 N–H and O–H groups in total. The van der Waals surface area contributed by atoms with Gasteiger partial charge in [-0.25, -0.2) is 0 Å². The van der Waals surface area contributed by atoms with Gasteiger partial charge in [0.2, 0.25) is 0 Å². The molecule has 3 aromatic rings. The van der Waals surface area contributed by atoms with E-state index in [0.717, 1.165) is 35.3 Å². The fraction of sp³-hybridized carbons (Fsp3) is 0.100. The Kier molecular flexibility index (Phi) is 4.10. The lowest BCUT2D eigenvalue weighted by Crippen LogP contribution is -2.06. The molecule has 0 amide bonds. The largest absolute Gasteiger partial charge is 0.398 e. The van der Waals surface area contributed by atoms with E-state index in [-0.39, 0.29) is 0 Å². The van der Waals surface area contributed by atoms with Crippen LogP contribution in [0.3, 0.4) is 0 Å². The summed E-state index contributed by atoms with van der Waals surface area (Å²) in [5.74, 6) is 0. The van der Waals surface area contributed by atoms with Crippen LogP contribution in [-0.4, -0.2) is 0 Å². The van der Waals surface area contributed by atoms with Crippen LogP contribution < -0.4 is 11.5 Å². The van der Waals surface area contributed by atoms with E-state index in [0.29, 0.717) is 0 Å². The number of hydrogen-bond donors (Lipinski definition) is 2. The van der Waals surface area contributed by atoms with Crippen LogP contribution in [0.5, 0.6) is 0 Å². The average Bonchev–Trinajstić information content (AvgIpc) is 2.56. The Morgan fingerprint density at radius 1 is 0.500 bits per heavy atom. The molecule has 0 atom stereocenters. The Morgan fingerprint density at radius 3 is 1.23 bits per heavy atom. The van der Waals surface area contributed by atoms with Gasteiger partial charge in [-0.05, 0) is 47.2 Å². The molecular weight excluding hydrogens is 268 g/mol. The molecule has 0 aromatic heterocycles. The third-order valence-corrected chi connectivity index (χ3v) is 3.95. The Hall–Kier alpha value is -2.74. The molecule has 0 fully saturated rings. The van der Waals surface area contributed by atoms with Gasteiger partial charge in [0.25, 0.3) is 0 Å². The van der Waals surface area contributed by atoms with Gasteiger partial charge in [0.15, 0.2) is 0 Å². The summed E-state index contributed by atoms with van der Waals surface area (Å²) in [5.41, 5.74) is 18.8. The first kappa shape index (κ1) is 14.2. The summed E-state index contributed by atoms with van der Waals surface area (Å²) in [7, 11) is 0. The van der Waals surface area contributed by atoms with Gasteiger partial charge in [-0.1, -0.05) is 60.7 Å². The molecule has 0 aliphatic rings. The third kappa shape index (κ3) is 3.12. The minimum absolute atomic E-state index is 0.805. The first-order valence-electron chi connectivity index (χ1n) is 7.47. The number of anilines is 2. The van der Waals surface area contributed by atoms with Crippen LogP contribution >= 0.6 is 0 Å². The second kappa shape index (κ2) is 6.35. The van der Waals surface area contributed by atoms with Gasteiger partial charge in [0.1, 0.15) is 0 Å². The van der Waals surface area contributed by atoms with E-state index in [4.69, 9.17) is 11.5 Å². The zero-order chi connectivity index (χ0) is 15.4. The maximum atomic E-state index is 6.24. The minimum Gasteiger partial charge on any atom is -0.398 e. The summed E-state index contributed by atoms with van der Waals surface area (Å²) >= 11 is 0. The van der Waals surface area contributed by atoms with Crippen molar-refractivity contribution < 1.29 is 0 Å². The molecule has 0 unspecified atom stereocenters. The molecule has 0 aliphatic heterocycles. The van der Waals surface area contributed by atoms with E-state index in [1.165, 1.54) is 11.1 Å². The molecule has 0 radical (unpaired) electrons. The topological polar surface area (TPSA) is 52.0 Å². The maximum absolute atomic E-state index is 6.24. The zero-order valence-corrected chi connectivity index (χ0v) is 12.5. The summed E-state index contributed by atoms with van der Waals surface area (Å²) in [6.45, 7) is 0. The fourth-order valence-electron chi connectivity index (χ4n) is 2.75. The Balaban J connectivity index is 1.99. The summed E-state index contributed by atoms with van der Waals surface area (Å²) in [5, 5.41) is 0. The Morgan fingerprint density at radius 2 is 0.864 bits per heavy atom. The zero-order valence-electron chi connectivity index (χ0n) is 12.5. The maximum Gasteiger partial charge on any atom is 0.0354 e. The van der Waals surface area contributed by atoms with Crippen LogP contribution in [0, 0.1) is 0 Å². The van der Waals surface area contributed by atoms with Crippen molar-refractivity contribution in [2.24, 2.45) is 0 Å². The molecule has 3 aromatic carbocycles. The highest BCUT2D eigenvalue weighted by Gasteiger charge is 2.11. The number of nitrogen functional groups attached to an aromatic ring is 2. The highest BCUT2D eigenvalue weighted by Crippen LogP contribution is 2.28. The summed E-state index contributed by atoms with van der Waals surface area (Å²) < 4.78 is 0. The Bertz CT molecular complexity index is 683. The number of rotatable bonds is 4. The van der Waals surface area contributed by atoms with Gasteiger partial charge in [-0.3, -0.25) is 0 Å². The number of benzene rings is 3. The summed E-state index contributed by atoms with van der Waals surface area (Å²) in [6.07, 6.45) is 1.61. The first-order chi connectivity index (χ1) is 10.7. The molecule has 0 heterocycles. The van der Waals surface area contributed by atoms with Crippen molar-refractivity contribution >= 4 is 11.4 Å². The van der Waals surface area contributed by atoms with Crippen molar-refractivity contribution in [3.05, 3.63) is 95.1 Å². The van der Waals surface area contributed by atoms with Gasteiger partial charge >= 0.3 is 0 Å². The van der Waals surface area contributed by atoms with E-state index in [1.807, 2.05) is 24.3 Å². The van der Waals surface area contributed by atoms with Gasteiger partial charge < -0.3 is 11.5 Å². The predicted octanol–water partition coefficient (Wildman–Crippen LogP) is 4.03. The molecule has 2 nitrogen and oxygen atoms in total. The molecule has 110 valence electrons. The van der Waals surface area contributed by atoms with Crippen molar-refractivity contribution in [3.8, 4) is 0 Å². The van der Waals surface area contributed by atoms with Crippen LogP contribution in [0.15, 0.2) is 72.8 Å². The highest BCUT2D eigenvalue weighted by atomic mass is 14.6. The first-order valence-corrected chi connectivity index (χ1v) is 7.47. The van der Waals surface area contributed by atoms with E-state index >= 15 is 0 Å². The smallest absolute Gasteiger partial charge is 0.0354 e. The second-order valence-electron chi connectivity index (χ2n) is 5.53. The molecule has 2 heteroatoms. The van der Waals surface area contributed by atoms with Crippen LogP contribution in [0.4, 0.5) is 11.4 Å². The van der Waals surface area contributed by atoms with Crippen LogP contribution in [0.2, 0.25) is 0 Å².